The third-order valence-electron chi connectivity index (χ3n) is 3.08. The lowest BCUT2D eigenvalue weighted by Gasteiger charge is -2.19. The van der Waals surface area contributed by atoms with Crippen LogP contribution in [-0.4, -0.2) is 34.2 Å². The highest BCUT2D eigenvalue weighted by Crippen LogP contribution is 2.31. The molecule has 1 fully saturated rings. The first-order valence-corrected chi connectivity index (χ1v) is 7.45. The normalized spacial score (nSPS) is 15.3. The Labute approximate surface area is 132 Å². The molecule has 0 amide bonds. The first-order valence-electron chi connectivity index (χ1n) is 7.04. The summed E-state index contributed by atoms with van der Waals surface area (Å²) in [6.45, 7) is 5.14. The van der Waals surface area contributed by atoms with Crippen LogP contribution >= 0.6 is 12.2 Å². The molecule has 0 spiro atoms. The Kier molecular flexibility index (Phi) is 5.05. The van der Waals surface area contributed by atoms with E-state index in [-0.39, 0.29) is 22.9 Å². The van der Waals surface area contributed by atoms with Crippen LogP contribution in [0.5, 0.6) is 0 Å². The number of nitrogens with one attached hydrogen (secondary N) is 2. The summed E-state index contributed by atoms with van der Waals surface area (Å²) in [4.78, 5) is 9.49. The van der Waals surface area contributed by atoms with Crippen molar-refractivity contribution >= 4 is 29.1 Å². The van der Waals surface area contributed by atoms with E-state index >= 15 is 0 Å². The summed E-state index contributed by atoms with van der Waals surface area (Å²) in [5, 5.41) is 5.70. The van der Waals surface area contributed by atoms with Gasteiger partial charge in [-0.25, -0.2) is 4.98 Å². The number of halogens is 3. The second-order valence-corrected chi connectivity index (χ2v) is 5.79. The van der Waals surface area contributed by atoms with E-state index < -0.39 is 11.9 Å². The molecule has 5 nitrogen and oxygen atoms in total. The molecule has 1 saturated heterocycles. The Morgan fingerprint density at radius 1 is 1.27 bits per heavy atom. The van der Waals surface area contributed by atoms with Crippen molar-refractivity contribution < 1.29 is 13.2 Å². The van der Waals surface area contributed by atoms with Gasteiger partial charge in [-0.05, 0) is 38.9 Å². The minimum absolute atomic E-state index is 0.0591. The van der Waals surface area contributed by atoms with E-state index in [1.54, 1.807) is 0 Å². The molecule has 1 aliphatic heterocycles. The number of hydrogen-bond acceptors (Lipinski definition) is 4. The smallest absolute Gasteiger partial charge is 0.360 e. The van der Waals surface area contributed by atoms with Gasteiger partial charge in [-0.15, -0.1) is 0 Å². The van der Waals surface area contributed by atoms with Gasteiger partial charge >= 0.3 is 6.18 Å². The Hall–Kier alpha value is -1.64. The maximum atomic E-state index is 13.0. The van der Waals surface area contributed by atoms with E-state index in [1.807, 2.05) is 18.7 Å². The zero-order valence-corrected chi connectivity index (χ0v) is 13.2. The predicted molar refractivity (Wildman–Crippen MR) is 83.0 cm³/mol. The average Bonchev–Trinajstić information content (AvgIpc) is 2.89. The monoisotopic (exact) mass is 333 g/mol. The third-order valence-corrected chi connectivity index (χ3v) is 3.30. The predicted octanol–water partition coefficient (Wildman–Crippen LogP) is 2.79. The summed E-state index contributed by atoms with van der Waals surface area (Å²) in [6.07, 6.45) is -2.64. The highest BCUT2D eigenvalue weighted by molar-refractivity contribution is 7.80. The number of aromatic nitrogens is 2. The molecule has 0 unspecified atom stereocenters. The van der Waals surface area contributed by atoms with Crippen molar-refractivity contribution in [3.63, 3.8) is 0 Å². The fraction of sp³-hybridized carbons (Fsp3) is 0.615. The number of anilines is 2. The van der Waals surface area contributed by atoms with Crippen LogP contribution in [0, 0.1) is 0 Å². The van der Waals surface area contributed by atoms with Gasteiger partial charge in [0.15, 0.2) is 10.8 Å². The third kappa shape index (κ3) is 4.43. The van der Waals surface area contributed by atoms with E-state index in [9.17, 15) is 13.2 Å². The first kappa shape index (κ1) is 16.7. The van der Waals surface area contributed by atoms with Crippen LogP contribution in [0.2, 0.25) is 0 Å². The largest absolute Gasteiger partial charge is 0.433 e. The number of hydrogen-bond donors (Lipinski definition) is 2. The van der Waals surface area contributed by atoms with Gasteiger partial charge in [0, 0.05) is 25.2 Å². The van der Waals surface area contributed by atoms with E-state index in [4.69, 9.17) is 12.2 Å². The van der Waals surface area contributed by atoms with Gasteiger partial charge in [0.05, 0.1) is 0 Å². The van der Waals surface area contributed by atoms with Crippen LogP contribution < -0.4 is 15.5 Å². The maximum absolute atomic E-state index is 13.0. The molecule has 0 radical (unpaired) electrons. The van der Waals surface area contributed by atoms with Gasteiger partial charge in [-0.1, -0.05) is 0 Å². The fourth-order valence-corrected chi connectivity index (χ4v) is 2.47. The maximum Gasteiger partial charge on any atom is 0.433 e. The van der Waals surface area contributed by atoms with Gasteiger partial charge in [-0.3, -0.25) is 0 Å². The topological polar surface area (TPSA) is 53.1 Å². The van der Waals surface area contributed by atoms with Crippen LogP contribution in [0.25, 0.3) is 0 Å². The molecule has 0 saturated carbocycles. The standard InChI is InChI=1S/C13H18F3N5S/c1-8(2)17-12(22)20-11-18-9(13(14,15)16)7-10(19-11)21-5-3-4-6-21/h7-8H,3-6H2,1-2H3,(H2,17,18,19,20,22). The van der Waals surface area contributed by atoms with Crippen LogP contribution in [0.4, 0.5) is 24.9 Å². The Morgan fingerprint density at radius 3 is 2.45 bits per heavy atom. The van der Waals surface area contributed by atoms with Gasteiger partial charge in [0.25, 0.3) is 0 Å². The molecule has 2 N–H and O–H groups in total. The van der Waals surface area contributed by atoms with Crippen molar-refractivity contribution in [2.75, 3.05) is 23.3 Å². The van der Waals surface area contributed by atoms with Crippen molar-refractivity contribution in [1.82, 2.24) is 15.3 Å². The van der Waals surface area contributed by atoms with Crippen LogP contribution in [-0.2, 0) is 6.18 Å². The summed E-state index contributed by atoms with van der Waals surface area (Å²) in [5.74, 6) is 0.129. The molecule has 1 aliphatic rings. The Balaban J connectivity index is 2.27. The molecule has 0 atom stereocenters. The molecule has 1 aromatic rings. The highest BCUT2D eigenvalue weighted by Gasteiger charge is 2.34. The van der Waals surface area contributed by atoms with E-state index in [0.29, 0.717) is 13.1 Å². The summed E-state index contributed by atoms with van der Waals surface area (Å²) in [5.41, 5.74) is -0.973. The molecule has 0 bridgehead atoms. The van der Waals surface area contributed by atoms with Crippen molar-refractivity contribution in [2.24, 2.45) is 0 Å². The molecular formula is C13H18F3N5S. The van der Waals surface area contributed by atoms with Gasteiger partial charge < -0.3 is 15.5 Å². The quantitative estimate of drug-likeness (QED) is 0.830. The first-order chi connectivity index (χ1) is 10.3. The fourth-order valence-electron chi connectivity index (χ4n) is 2.14. The number of nitrogens with zero attached hydrogens (tertiary/aromatic N) is 3. The van der Waals surface area contributed by atoms with Crippen LogP contribution in [0.15, 0.2) is 6.07 Å². The molecule has 0 aromatic carbocycles. The second kappa shape index (κ2) is 6.64. The minimum Gasteiger partial charge on any atom is -0.360 e. The van der Waals surface area contributed by atoms with Crippen molar-refractivity contribution in [1.29, 1.82) is 0 Å². The summed E-state index contributed by atoms with van der Waals surface area (Å²) < 4.78 is 39.0. The minimum atomic E-state index is -4.53. The van der Waals surface area contributed by atoms with Crippen molar-refractivity contribution in [3.05, 3.63) is 11.8 Å². The van der Waals surface area contributed by atoms with Gasteiger partial charge in [0.2, 0.25) is 5.95 Å². The summed E-state index contributed by atoms with van der Waals surface area (Å²) >= 11 is 5.03. The zero-order chi connectivity index (χ0) is 16.3. The van der Waals surface area contributed by atoms with E-state index in [2.05, 4.69) is 20.6 Å². The zero-order valence-electron chi connectivity index (χ0n) is 12.4. The Morgan fingerprint density at radius 2 is 1.91 bits per heavy atom. The summed E-state index contributed by atoms with van der Waals surface area (Å²) in [7, 11) is 0. The average molecular weight is 333 g/mol. The molecule has 2 heterocycles. The molecule has 22 heavy (non-hydrogen) atoms. The lowest BCUT2D eigenvalue weighted by molar-refractivity contribution is -0.141. The summed E-state index contributed by atoms with van der Waals surface area (Å²) in [6, 6.07) is 1.04. The van der Waals surface area contributed by atoms with Gasteiger partial charge in [0.1, 0.15) is 5.82 Å². The molecule has 2 rings (SSSR count). The SMILES string of the molecule is CC(C)NC(=S)Nc1nc(N2CCCC2)cc(C(F)(F)F)n1. The number of rotatable bonds is 3. The highest BCUT2D eigenvalue weighted by atomic mass is 32.1. The van der Waals surface area contributed by atoms with Crippen molar-refractivity contribution in [3.8, 4) is 0 Å². The molecule has 1 aromatic heterocycles. The lowest BCUT2D eigenvalue weighted by Crippen LogP contribution is -2.34. The van der Waals surface area contributed by atoms with Crippen molar-refractivity contribution in [2.45, 2.75) is 38.9 Å². The number of alkyl halides is 3. The van der Waals surface area contributed by atoms with E-state index in [1.165, 1.54) is 0 Å². The molecule has 122 valence electrons. The number of thiocarbonyl (C=S) groups is 1. The van der Waals surface area contributed by atoms with Crippen LogP contribution in [0.3, 0.4) is 0 Å². The van der Waals surface area contributed by atoms with Gasteiger partial charge in [-0.2, -0.15) is 18.2 Å². The second-order valence-electron chi connectivity index (χ2n) is 5.38. The molecular weight excluding hydrogens is 315 g/mol. The molecule has 0 aliphatic carbocycles. The lowest BCUT2D eigenvalue weighted by atomic mass is 10.3. The van der Waals surface area contributed by atoms with E-state index in [0.717, 1.165) is 18.9 Å². The van der Waals surface area contributed by atoms with Crippen LogP contribution in [0.1, 0.15) is 32.4 Å². The Bertz CT molecular complexity index is 541. The molecule has 9 heteroatoms.